The summed E-state index contributed by atoms with van der Waals surface area (Å²) in [5, 5.41) is 12.2. The van der Waals surface area contributed by atoms with Gasteiger partial charge >= 0.3 is 6.09 Å². The molecule has 3 atom stereocenters. The minimum absolute atomic E-state index is 0.00550. The average Bonchev–Trinajstić information content (AvgIpc) is 3.58. The number of guanidine groups is 1. The molecule has 13 heteroatoms. The van der Waals surface area contributed by atoms with Gasteiger partial charge in [-0.2, -0.15) is 0 Å². The average molecular weight is 717 g/mol. The van der Waals surface area contributed by atoms with Crippen LogP contribution in [0, 0.1) is 0 Å². The van der Waals surface area contributed by atoms with E-state index in [2.05, 4.69) is 31.2 Å². The third-order valence-corrected chi connectivity index (χ3v) is 8.46. The van der Waals surface area contributed by atoms with Crippen molar-refractivity contribution in [2.75, 3.05) is 11.9 Å². The second-order valence-corrected chi connectivity index (χ2v) is 12.4. The molecule has 9 N–H and O–H groups in total. The minimum atomic E-state index is -1.15. The first-order valence-corrected chi connectivity index (χ1v) is 17.3. The lowest BCUT2D eigenvalue weighted by molar-refractivity contribution is -0.131. The van der Waals surface area contributed by atoms with Gasteiger partial charge in [0.05, 0.1) is 0 Å². The van der Waals surface area contributed by atoms with Gasteiger partial charge in [-0.25, -0.2) is 4.79 Å². The van der Waals surface area contributed by atoms with E-state index in [1.54, 1.807) is 30.5 Å². The van der Waals surface area contributed by atoms with Crippen LogP contribution in [0.2, 0.25) is 0 Å². The third-order valence-electron chi connectivity index (χ3n) is 8.46. The zero-order valence-corrected chi connectivity index (χ0v) is 29.2. The van der Waals surface area contributed by atoms with Crippen LogP contribution in [0.1, 0.15) is 29.5 Å². The summed E-state index contributed by atoms with van der Waals surface area (Å²) in [4.78, 5) is 62.1. The number of aromatic nitrogens is 1. The van der Waals surface area contributed by atoms with Crippen molar-refractivity contribution in [1.82, 2.24) is 20.9 Å². The quantitative estimate of drug-likeness (QED) is 0.0429. The second-order valence-electron chi connectivity index (χ2n) is 12.4. The number of benzene rings is 4. The number of carbonyl (C=O) groups excluding carboxylic acids is 4. The van der Waals surface area contributed by atoms with Crippen molar-refractivity contribution in [3.05, 3.63) is 138 Å². The molecule has 5 rings (SSSR count). The van der Waals surface area contributed by atoms with Crippen LogP contribution in [0.15, 0.2) is 126 Å². The largest absolute Gasteiger partial charge is 0.445 e. The first kappa shape index (κ1) is 37.6. The van der Waals surface area contributed by atoms with Crippen molar-refractivity contribution in [3.63, 3.8) is 0 Å². The van der Waals surface area contributed by atoms with Crippen LogP contribution >= 0.6 is 0 Å². The Bertz CT molecular complexity index is 1980. The number of hydrogen-bond acceptors (Lipinski definition) is 6. The van der Waals surface area contributed by atoms with Crippen molar-refractivity contribution in [2.24, 2.45) is 16.5 Å². The van der Waals surface area contributed by atoms with Gasteiger partial charge in [0.15, 0.2) is 5.96 Å². The maximum absolute atomic E-state index is 14.3. The Labute approximate surface area is 307 Å². The van der Waals surface area contributed by atoms with E-state index in [4.69, 9.17) is 16.2 Å². The van der Waals surface area contributed by atoms with Crippen LogP contribution in [0.4, 0.5) is 10.5 Å². The summed E-state index contributed by atoms with van der Waals surface area (Å²) in [5.41, 5.74) is 14.8. The molecule has 0 unspecified atom stereocenters. The number of ether oxygens (including phenoxy) is 1. The summed E-state index contributed by atoms with van der Waals surface area (Å²) >= 11 is 0. The van der Waals surface area contributed by atoms with Crippen molar-refractivity contribution in [1.29, 1.82) is 0 Å². The third kappa shape index (κ3) is 11.7. The molecule has 0 saturated heterocycles. The molecule has 0 aliphatic rings. The number of para-hydroxylation sites is 2. The number of aliphatic imine (C=N–C) groups is 1. The molecule has 0 saturated carbocycles. The predicted octanol–water partition coefficient (Wildman–Crippen LogP) is 3.91. The van der Waals surface area contributed by atoms with E-state index < -0.39 is 41.9 Å². The van der Waals surface area contributed by atoms with Crippen molar-refractivity contribution < 1.29 is 23.9 Å². The highest BCUT2D eigenvalue weighted by Crippen LogP contribution is 2.20. The van der Waals surface area contributed by atoms with E-state index in [0.717, 1.165) is 27.6 Å². The first-order valence-electron chi connectivity index (χ1n) is 17.3. The molecule has 0 radical (unpaired) electrons. The maximum atomic E-state index is 14.3. The molecule has 1 heterocycles. The maximum Gasteiger partial charge on any atom is 0.408 e. The van der Waals surface area contributed by atoms with Gasteiger partial charge in [0.1, 0.15) is 24.7 Å². The van der Waals surface area contributed by atoms with Gasteiger partial charge in [0.25, 0.3) is 0 Å². The molecular formula is C40H44N8O5. The lowest BCUT2D eigenvalue weighted by Crippen LogP contribution is -2.57. The lowest BCUT2D eigenvalue weighted by atomic mass is 10.0. The summed E-state index contributed by atoms with van der Waals surface area (Å²) in [6.07, 6.45) is 1.73. The predicted molar refractivity (Wildman–Crippen MR) is 205 cm³/mol. The molecule has 0 aliphatic carbocycles. The molecule has 0 bridgehead atoms. The van der Waals surface area contributed by atoms with E-state index in [-0.39, 0.29) is 38.4 Å². The summed E-state index contributed by atoms with van der Waals surface area (Å²) in [6, 6.07) is 31.7. The monoisotopic (exact) mass is 716 g/mol. The highest BCUT2D eigenvalue weighted by Gasteiger charge is 2.31. The van der Waals surface area contributed by atoms with Crippen LogP contribution in [-0.4, -0.2) is 59.4 Å². The topological polar surface area (TPSA) is 206 Å². The van der Waals surface area contributed by atoms with Crippen LogP contribution < -0.4 is 32.7 Å². The number of H-pyrrole nitrogens is 1. The molecule has 13 nitrogen and oxygen atoms in total. The standard InChI is InChI=1S/C40H44N8O5/c41-39(42)43-22-12-21-33(48-40(52)53-26-28-15-6-2-7-16-28)36(49)47-35(24-29-25-44-32-20-11-10-19-31(29)32)38(51)46-34(23-27-13-4-1-5-14-27)37(50)45-30-17-8-3-9-18-30/h1-11,13-20,25,33-35,44H,12,21-24,26H2,(H,45,50)(H,46,51)(H,47,49)(H,48,52)(H4,41,42,43)/t33-,34-,35-/m0/s1. The fraction of sp³-hybridized carbons (Fsp3) is 0.225. The number of alkyl carbamates (subject to hydrolysis) is 1. The van der Waals surface area contributed by atoms with Gasteiger partial charge in [-0.15, -0.1) is 0 Å². The Morgan fingerprint density at radius 1 is 0.660 bits per heavy atom. The molecule has 4 aromatic carbocycles. The smallest absolute Gasteiger partial charge is 0.408 e. The molecule has 0 spiro atoms. The number of nitrogens with zero attached hydrogens (tertiary/aromatic N) is 1. The van der Waals surface area contributed by atoms with Crippen LogP contribution in [0.3, 0.4) is 0 Å². The van der Waals surface area contributed by atoms with Gasteiger partial charge in [-0.05, 0) is 47.7 Å². The van der Waals surface area contributed by atoms with Crippen LogP contribution in [0.25, 0.3) is 10.9 Å². The number of rotatable bonds is 17. The van der Waals surface area contributed by atoms with Gasteiger partial charge in [-0.3, -0.25) is 19.4 Å². The Balaban J connectivity index is 1.38. The molecule has 0 aliphatic heterocycles. The Kier molecular flexibility index (Phi) is 13.6. The molecule has 1 aromatic heterocycles. The van der Waals surface area contributed by atoms with E-state index in [0.29, 0.717) is 12.1 Å². The number of amides is 4. The highest BCUT2D eigenvalue weighted by molar-refractivity contribution is 5.99. The van der Waals surface area contributed by atoms with E-state index in [9.17, 15) is 19.2 Å². The number of nitrogens with one attached hydrogen (secondary N) is 5. The summed E-state index contributed by atoms with van der Waals surface area (Å²) in [7, 11) is 0. The highest BCUT2D eigenvalue weighted by atomic mass is 16.5. The first-order chi connectivity index (χ1) is 25.7. The fourth-order valence-electron chi connectivity index (χ4n) is 5.76. The summed E-state index contributed by atoms with van der Waals surface area (Å²) in [5.74, 6) is -1.73. The molecule has 274 valence electrons. The SMILES string of the molecule is NC(N)=NCCC[C@H](NC(=O)OCc1ccccc1)C(=O)N[C@@H](Cc1c[nH]c2ccccc12)C(=O)N[C@@H](Cc1ccccc1)C(=O)Nc1ccccc1. The number of aromatic amines is 1. The van der Waals surface area contributed by atoms with Crippen LogP contribution in [0.5, 0.6) is 0 Å². The number of carbonyl (C=O) groups is 4. The minimum Gasteiger partial charge on any atom is -0.445 e. The number of hydrogen-bond donors (Lipinski definition) is 7. The zero-order chi connectivity index (χ0) is 37.4. The van der Waals surface area contributed by atoms with Crippen molar-refractivity contribution >= 4 is 46.4 Å². The Morgan fingerprint density at radius 2 is 1.25 bits per heavy atom. The molecule has 53 heavy (non-hydrogen) atoms. The van der Waals surface area contributed by atoms with E-state index >= 15 is 0 Å². The number of nitrogens with two attached hydrogens (primary N) is 2. The molecule has 4 amide bonds. The van der Waals surface area contributed by atoms with Gasteiger partial charge < -0.3 is 42.5 Å². The number of fused-ring (bicyclic) bond motifs is 1. The van der Waals surface area contributed by atoms with Crippen molar-refractivity contribution in [2.45, 2.75) is 50.4 Å². The van der Waals surface area contributed by atoms with Crippen molar-refractivity contribution in [3.8, 4) is 0 Å². The Morgan fingerprint density at radius 3 is 1.92 bits per heavy atom. The van der Waals surface area contributed by atoms with Gasteiger partial charge in [-0.1, -0.05) is 97.1 Å². The summed E-state index contributed by atoms with van der Waals surface area (Å²) < 4.78 is 5.40. The lowest BCUT2D eigenvalue weighted by Gasteiger charge is -2.25. The van der Waals surface area contributed by atoms with Gasteiger partial charge in [0, 0.05) is 42.2 Å². The normalized spacial score (nSPS) is 12.5. The number of anilines is 1. The van der Waals surface area contributed by atoms with E-state index in [1.165, 1.54) is 0 Å². The second kappa shape index (κ2) is 19.1. The Hall–Kier alpha value is -6.63. The van der Waals surface area contributed by atoms with E-state index in [1.807, 2.05) is 91.0 Å². The molecule has 5 aromatic rings. The zero-order valence-electron chi connectivity index (χ0n) is 29.2. The fourth-order valence-corrected chi connectivity index (χ4v) is 5.76. The van der Waals surface area contributed by atoms with Gasteiger partial charge in [0.2, 0.25) is 17.7 Å². The summed E-state index contributed by atoms with van der Waals surface area (Å²) in [6.45, 7) is 0.207. The molecular weight excluding hydrogens is 672 g/mol. The van der Waals surface area contributed by atoms with Crippen LogP contribution in [-0.2, 0) is 38.6 Å². The molecule has 0 fully saturated rings.